The van der Waals surface area contributed by atoms with Gasteiger partial charge in [0.15, 0.2) is 5.82 Å². The van der Waals surface area contributed by atoms with Crippen molar-refractivity contribution in [2.75, 3.05) is 0 Å². The van der Waals surface area contributed by atoms with E-state index in [-0.39, 0.29) is 0 Å². The first-order valence-corrected chi connectivity index (χ1v) is 7.31. The molecule has 0 aliphatic heterocycles. The number of hydrogen-bond acceptors (Lipinski definition) is 4. The zero-order valence-corrected chi connectivity index (χ0v) is 11.7. The summed E-state index contributed by atoms with van der Waals surface area (Å²) >= 11 is 5.18. The fourth-order valence-corrected chi connectivity index (χ4v) is 3.05. The van der Waals surface area contributed by atoms with Crippen LogP contribution < -0.4 is 5.32 Å². The molecule has 1 saturated carbocycles. The molecule has 1 aliphatic rings. The number of hydrogen-bond donors (Lipinski definition) is 1. The van der Waals surface area contributed by atoms with Gasteiger partial charge in [-0.15, -0.1) is 11.3 Å². The van der Waals surface area contributed by atoms with Gasteiger partial charge in [-0.2, -0.15) is 5.10 Å². The SMILES string of the molecule is Brc1csc(Cn2cnc(CNC3CC3)n2)c1. The van der Waals surface area contributed by atoms with Crippen molar-refractivity contribution in [3.05, 3.63) is 32.9 Å². The van der Waals surface area contributed by atoms with Gasteiger partial charge in [-0.05, 0) is 34.8 Å². The van der Waals surface area contributed by atoms with E-state index in [0.29, 0.717) is 6.04 Å². The van der Waals surface area contributed by atoms with E-state index in [1.165, 1.54) is 17.7 Å². The Morgan fingerprint density at radius 1 is 1.53 bits per heavy atom. The minimum atomic E-state index is 0.704. The monoisotopic (exact) mass is 312 g/mol. The summed E-state index contributed by atoms with van der Waals surface area (Å²) in [6.07, 6.45) is 4.39. The zero-order chi connectivity index (χ0) is 11.7. The van der Waals surface area contributed by atoms with Crippen molar-refractivity contribution in [3.63, 3.8) is 0 Å². The highest BCUT2D eigenvalue weighted by Gasteiger charge is 2.20. The smallest absolute Gasteiger partial charge is 0.164 e. The molecular weight excluding hydrogens is 300 g/mol. The van der Waals surface area contributed by atoms with E-state index in [2.05, 4.69) is 42.8 Å². The fourth-order valence-electron chi connectivity index (χ4n) is 1.61. The molecule has 90 valence electrons. The van der Waals surface area contributed by atoms with Crippen LogP contribution in [0.15, 0.2) is 22.2 Å². The maximum atomic E-state index is 4.45. The predicted octanol–water partition coefficient (Wildman–Crippen LogP) is 2.40. The lowest BCUT2D eigenvalue weighted by molar-refractivity contribution is 0.630. The molecule has 2 aromatic heterocycles. The third-order valence-electron chi connectivity index (χ3n) is 2.65. The fraction of sp³-hybridized carbons (Fsp3) is 0.455. The number of aromatic nitrogens is 3. The van der Waals surface area contributed by atoms with Crippen LogP contribution in [0.1, 0.15) is 23.5 Å². The van der Waals surface area contributed by atoms with E-state index in [1.807, 2.05) is 4.68 Å². The Hall–Kier alpha value is -0.720. The van der Waals surface area contributed by atoms with Crippen LogP contribution in [-0.2, 0) is 13.1 Å². The Labute approximate surface area is 112 Å². The molecule has 1 N–H and O–H groups in total. The second-order valence-corrected chi connectivity index (χ2v) is 6.16. The topological polar surface area (TPSA) is 42.7 Å². The minimum absolute atomic E-state index is 0.704. The van der Waals surface area contributed by atoms with Crippen molar-refractivity contribution in [3.8, 4) is 0 Å². The van der Waals surface area contributed by atoms with Crippen LogP contribution in [0.3, 0.4) is 0 Å². The van der Waals surface area contributed by atoms with Gasteiger partial charge in [0.05, 0.1) is 13.1 Å². The molecule has 2 heterocycles. The highest BCUT2D eigenvalue weighted by atomic mass is 79.9. The first-order chi connectivity index (χ1) is 8.29. The molecule has 0 unspecified atom stereocenters. The molecule has 0 radical (unpaired) electrons. The van der Waals surface area contributed by atoms with Gasteiger partial charge in [0.2, 0.25) is 0 Å². The molecule has 0 aromatic carbocycles. The van der Waals surface area contributed by atoms with Crippen molar-refractivity contribution < 1.29 is 0 Å². The number of thiophene rings is 1. The molecule has 6 heteroatoms. The van der Waals surface area contributed by atoms with Crippen molar-refractivity contribution in [1.82, 2.24) is 20.1 Å². The second kappa shape index (κ2) is 4.88. The lowest BCUT2D eigenvalue weighted by Gasteiger charge is -1.98. The van der Waals surface area contributed by atoms with Gasteiger partial charge >= 0.3 is 0 Å². The molecule has 0 saturated heterocycles. The summed E-state index contributed by atoms with van der Waals surface area (Å²) in [7, 11) is 0. The van der Waals surface area contributed by atoms with E-state index >= 15 is 0 Å². The van der Waals surface area contributed by atoms with E-state index in [4.69, 9.17) is 0 Å². The zero-order valence-electron chi connectivity index (χ0n) is 9.27. The van der Waals surface area contributed by atoms with Gasteiger partial charge in [-0.3, -0.25) is 0 Å². The van der Waals surface area contributed by atoms with Gasteiger partial charge in [0, 0.05) is 20.8 Å². The maximum Gasteiger partial charge on any atom is 0.164 e. The molecule has 3 rings (SSSR count). The van der Waals surface area contributed by atoms with Crippen LogP contribution in [0.25, 0.3) is 0 Å². The lowest BCUT2D eigenvalue weighted by Crippen LogP contribution is -2.16. The number of halogens is 1. The number of nitrogens with zero attached hydrogens (tertiary/aromatic N) is 3. The summed E-state index contributed by atoms with van der Waals surface area (Å²) in [6, 6.07) is 2.82. The molecule has 0 amide bonds. The average molecular weight is 313 g/mol. The Morgan fingerprint density at radius 3 is 3.12 bits per heavy atom. The molecule has 2 aromatic rings. The van der Waals surface area contributed by atoms with E-state index < -0.39 is 0 Å². The summed E-state index contributed by atoms with van der Waals surface area (Å²) in [5, 5.41) is 9.95. The van der Waals surface area contributed by atoms with E-state index in [9.17, 15) is 0 Å². The van der Waals surface area contributed by atoms with Crippen LogP contribution in [0, 0.1) is 0 Å². The van der Waals surface area contributed by atoms with Gasteiger partial charge in [-0.25, -0.2) is 9.67 Å². The van der Waals surface area contributed by atoms with Crippen LogP contribution in [0.2, 0.25) is 0 Å². The minimum Gasteiger partial charge on any atom is -0.307 e. The Morgan fingerprint density at radius 2 is 2.41 bits per heavy atom. The molecule has 17 heavy (non-hydrogen) atoms. The second-order valence-electron chi connectivity index (χ2n) is 4.24. The molecule has 0 atom stereocenters. The Bertz CT molecular complexity index is 503. The number of rotatable bonds is 5. The highest BCUT2D eigenvalue weighted by Crippen LogP contribution is 2.20. The van der Waals surface area contributed by atoms with Gasteiger partial charge in [-0.1, -0.05) is 0 Å². The largest absolute Gasteiger partial charge is 0.307 e. The molecule has 1 aliphatic carbocycles. The normalized spacial score (nSPS) is 15.4. The van der Waals surface area contributed by atoms with E-state index in [1.54, 1.807) is 17.7 Å². The predicted molar refractivity (Wildman–Crippen MR) is 71.0 cm³/mol. The summed E-state index contributed by atoms with van der Waals surface area (Å²) < 4.78 is 3.02. The molecular formula is C11H13BrN4S. The van der Waals surface area contributed by atoms with Crippen molar-refractivity contribution in [2.24, 2.45) is 0 Å². The van der Waals surface area contributed by atoms with E-state index in [0.717, 1.165) is 23.4 Å². The standard InChI is InChI=1S/C11H13BrN4S/c12-8-3-10(17-6-8)5-16-7-14-11(15-16)4-13-9-1-2-9/h3,6-7,9,13H,1-2,4-5H2. The summed E-state index contributed by atoms with van der Waals surface area (Å²) in [6.45, 7) is 1.58. The molecule has 1 fully saturated rings. The Balaban J connectivity index is 1.59. The van der Waals surface area contributed by atoms with Crippen molar-refractivity contribution in [2.45, 2.75) is 32.0 Å². The van der Waals surface area contributed by atoms with Gasteiger partial charge in [0.1, 0.15) is 6.33 Å². The van der Waals surface area contributed by atoms with Gasteiger partial charge in [0.25, 0.3) is 0 Å². The molecule has 4 nitrogen and oxygen atoms in total. The first-order valence-electron chi connectivity index (χ1n) is 5.64. The van der Waals surface area contributed by atoms with Crippen LogP contribution >= 0.6 is 27.3 Å². The summed E-state index contributed by atoms with van der Waals surface area (Å²) in [5.41, 5.74) is 0. The number of nitrogens with one attached hydrogen (secondary N) is 1. The quantitative estimate of drug-likeness (QED) is 0.922. The Kier molecular flexibility index (Phi) is 3.26. The third kappa shape index (κ3) is 3.14. The van der Waals surface area contributed by atoms with Crippen LogP contribution in [0.5, 0.6) is 0 Å². The third-order valence-corrected chi connectivity index (χ3v) is 4.33. The molecule has 0 spiro atoms. The first kappa shape index (κ1) is 11.4. The average Bonchev–Trinajstić information content (AvgIpc) is 2.90. The maximum absolute atomic E-state index is 4.45. The summed E-state index contributed by atoms with van der Waals surface area (Å²) in [4.78, 5) is 5.58. The highest BCUT2D eigenvalue weighted by molar-refractivity contribution is 9.10. The summed E-state index contributed by atoms with van der Waals surface area (Å²) in [5.74, 6) is 0.882. The van der Waals surface area contributed by atoms with Crippen LogP contribution in [0.4, 0.5) is 0 Å². The van der Waals surface area contributed by atoms with Crippen molar-refractivity contribution in [1.29, 1.82) is 0 Å². The van der Waals surface area contributed by atoms with Crippen molar-refractivity contribution >= 4 is 27.3 Å². The van der Waals surface area contributed by atoms with Gasteiger partial charge < -0.3 is 5.32 Å². The van der Waals surface area contributed by atoms with Crippen LogP contribution in [-0.4, -0.2) is 20.8 Å². The lowest BCUT2D eigenvalue weighted by atomic mass is 10.5. The molecule has 0 bridgehead atoms.